The number of aromatic nitrogens is 2. The van der Waals surface area contributed by atoms with Crippen LogP contribution in [-0.4, -0.2) is 48.4 Å². The fraction of sp³-hybridized carbons (Fsp3) is 0.467. The zero-order valence-electron chi connectivity index (χ0n) is 24.5. The predicted octanol–water partition coefficient (Wildman–Crippen LogP) is 8.30. The number of halogens is 4. The molecular formula is C30H34Cl4N4O4S2. The van der Waals surface area contributed by atoms with Gasteiger partial charge in [0.05, 0.1) is 43.7 Å². The standard InChI is InChI=1S/C30H34Cl4N4O4S2/c1-41-13-11-37-27-21(33)15-19(31)17-23(27)43-29(37)35-25(39)9-7-5-3-4-6-8-10-26(40)36-30-38(12-14-42-2)28-22(34)16-20(32)18-24(28)44-30/h15-18H,3-14H2,1-2H3. The Hall–Kier alpha value is -1.76. The number of carbonyl (C=O) groups excluding carboxylic acids is 2. The topological polar surface area (TPSA) is 87.2 Å². The number of ether oxygens (including phenoxy) is 2. The number of carbonyl (C=O) groups is 2. The van der Waals surface area contributed by atoms with E-state index in [1.54, 1.807) is 26.4 Å². The molecule has 0 fully saturated rings. The largest absolute Gasteiger partial charge is 0.383 e. The van der Waals surface area contributed by atoms with Crippen LogP contribution in [0.3, 0.4) is 0 Å². The third kappa shape index (κ3) is 9.39. The Bertz CT molecular complexity index is 1630. The van der Waals surface area contributed by atoms with Gasteiger partial charge in [0.25, 0.3) is 0 Å². The van der Waals surface area contributed by atoms with Gasteiger partial charge in [0, 0.05) is 50.2 Å². The molecule has 238 valence electrons. The Kier molecular flexibility index (Phi) is 13.8. The lowest BCUT2D eigenvalue weighted by molar-refractivity contribution is -0.119. The van der Waals surface area contributed by atoms with Crippen LogP contribution in [0.5, 0.6) is 0 Å². The molecule has 0 N–H and O–H groups in total. The fourth-order valence-electron chi connectivity index (χ4n) is 4.79. The highest BCUT2D eigenvalue weighted by Crippen LogP contribution is 2.31. The molecule has 0 radical (unpaired) electrons. The molecule has 0 saturated heterocycles. The molecule has 0 aliphatic carbocycles. The highest BCUT2D eigenvalue weighted by molar-refractivity contribution is 7.16. The van der Waals surface area contributed by atoms with E-state index in [1.807, 2.05) is 21.3 Å². The maximum Gasteiger partial charge on any atom is 0.248 e. The molecule has 0 spiro atoms. The molecule has 0 atom stereocenters. The highest BCUT2D eigenvalue weighted by atomic mass is 35.5. The average Bonchev–Trinajstić information content (AvgIpc) is 3.48. The average molecular weight is 721 g/mol. The molecular weight excluding hydrogens is 686 g/mol. The van der Waals surface area contributed by atoms with Crippen LogP contribution in [0.4, 0.5) is 0 Å². The first kappa shape index (κ1) is 35.1. The van der Waals surface area contributed by atoms with E-state index in [-0.39, 0.29) is 11.8 Å². The summed E-state index contributed by atoms with van der Waals surface area (Å²) in [6.07, 6.45) is 6.06. The van der Waals surface area contributed by atoms with Gasteiger partial charge in [0.1, 0.15) is 0 Å². The van der Waals surface area contributed by atoms with E-state index in [0.29, 0.717) is 68.8 Å². The van der Waals surface area contributed by atoms with E-state index in [1.165, 1.54) is 22.7 Å². The van der Waals surface area contributed by atoms with Crippen LogP contribution in [0.15, 0.2) is 34.3 Å². The highest BCUT2D eigenvalue weighted by Gasteiger charge is 2.14. The summed E-state index contributed by atoms with van der Waals surface area (Å²) in [7, 11) is 3.25. The van der Waals surface area contributed by atoms with Crippen molar-refractivity contribution in [1.82, 2.24) is 9.13 Å². The van der Waals surface area contributed by atoms with Crippen molar-refractivity contribution in [2.75, 3.05) is 27.4 Å². The minimum Gasteiger partial charge on any atom is -0.383 e. The number of methoxy groups -OCH3 is 2. The second-order valence-corrected chi connectivity index (χ2v) is 13.9. The van der Waals surface area contributed by atoms with Crippen molar-refractivity contribution in [2.24, 2.45) is 9.98 Å². The van der Waals surface area contributed by atoms with Crippen LogP contribution >= 0.6 is 69.1 Å². The zero-order chi connectivity index (χ0) is 31.6. The van der Waals surface area contributed by atoms with Crippen molar-refractivity contribution >= 4 is 101 Å². The van der Waals surface area contributed by atoms with Crippen LogP contribution in [0.1, 0.15) is 51.4 Å². The van der Waals surface area contributed by atoms with E-state index in [2.05, 4.69) is 9.98 Å². The molecule has 2 aromatic heterocycles. The van der Waals surface area contributed by atoms with Gasteiger partial charge in [-0.25, -0.2) is 0 Å². The van der Waals surface area contributed by atoms with Gasteiger partial charge in [0.2, 0.25) is 11.8 Å². The van der Waals surface area contributed by atoms with Crippen LogP contribution in [0.25, 0.3) is 20.4 Å². The number of thiazole rings is 2. The van der Waals surface area contributed by atoms with Gasteiger partial charge in [-0.2, -0.15) is 9.98 Å². The SMILES string of the molecule is COCCn1c(=NC(=O)CCCCCCCCC(=O)N=c2sc3cc(Cl)cc(Cl)c3n2CCOC)sc2cc(Cl)cc(Cl)c21. The lowest BCUT2D eigenvalue weighted by Gasteiger charge is -2.06. The molecule has 4 aromatic rings. The summed E-state index contributed by atoms with van der Waals surface area (Å²) in [5.41, 5.74) is 1.61. The summed E-state index contributed by atoms with van der Waals surface area (Å²) in [4.78, 5) is 35.3. The van der Waals surface area contributed by atoms with E-state index in [4.69, 9.17) is 55.9 Å². The Morgan fingerprint density at radius 3 is 1.43 bits per heavy atom. The van der Waals surface area contributed by atoms with Crippen LogP contribution < -0.4 is 9.60 Å². The summed E-state index contributed by atoms with van der Waals surface area (Å²) in [6.45, 7) is 1.99. The van der Waals surface area contributed by atoms with Gasteiger partial charge < -0.3 is 18.6 Å². The summed E-state index contributed by atoms with van der Waals surface area (Å²) >= 11 is 28.0. The van der Waals surface area contributed by atoms with Gasteiger partial charge in [0.15, 0.2) is 9.60 Å². The van der Waals surface area contributed by atoms with Gasteiger partial charge in [-0.15, -0.1) is 0 Å². The first-order valence-corrected chi connectivity index (χ1v) is 17.5. The number of unbranched alkanes of at least 4 members (excludes halogenated alkanes) is 5. The van der Waals surface area contributed by atoms with Crippen molar-refractivity contribution in [3.8, 4) is 0 Å². The number of benzene rings is 2. The molecule has 0 aliphatic rings. The van der Waals surface area contributed by atoms with Gasteiger partial charge >= 0.3 is 0 Å². The van der Waals surface area contributed by atoms with E-state index < -0.39 is 0 Å². The maximum absolute atomic E-state index is 12.7. The molecule has 8 nitrogen and oxygen atoms in total. The first-order chi connectivity index (χ1) is 21.2. The van der Waals surface area contributed by atoms with Crippen LogP contribution in [0, 0.1) is 0 Å². The van der Waals surface area contributed by atoms with E-state index >= 15 is 0 Å². The van der Waals surface area contributed by atoms with Crippen LogP contribution in [-0.2, 0) is 32.2 Å². The molecule has 0 saturated carbocycles. The zero-order valence-corrected chi connectivity index (χ0v) is 29.2. The van der Waals surface area contributed by atoms with E-state index in [0.717, 1.165) is 59.0 Å². The normalized spacial score (nSPS) is 12.7. The minimum atomic E-state index is -0.162. The number of fused-ring (bicyclic) bond motifs is 2. The Labute approximate surface area is 283 Å². The lowest BCUT2D eigenvalue weighted by Crippen LogP contribution is -2.19. The third-order valence-electron chi connectivity index (χ3n) is 6.90. The number of nitrogens with zero attached hydrogens (tertiary/aromatic N) is 4. The lowest BCUT2D eigenvalue weighted by atomic mass is 10.1. The van der Waals surface area contributed by atoms with Crippen molar-refractivity contribution < 1.29 is 19.1 Å². The second-order valence-electron chi connectivity index (χ2n) is 10.2. The smallest absolute Gasteiger partial charge is 0.248 e. The molecule has 0 unspecified atom stereocenters. The Balaban J connectivity index is 1.24. The third-order valence-corrected chi connectivity index (χ3v) is 9.96. The number of hydrogen-bond donors (Lipinski definition) is 0. The first-order valence-electron chi connectivity index (χ1n) is 14.3. The van der Waals surface area contributed by atoms with Crippen molar-refractivity contribution in [3.63, 3.8) is 0 Å². The molecule has 14 heteroatoms. The monoisotopic (exact) mass is 718 g/mol. The minimum absolute atomic E-state index is 0.162. The van der Waals surface area contributed by atoms with Crippen molar-refractivity contribution in [1.29, 1.82) is 0 Å². The van der Waals surface area contributed by atoms with Crippen molar-refractivity contribution in [2.45, 2.75) is 64.5 Å². The van der Waals surface area contributed by atoms with E-state index in [9.17, 15) is 9.59 Å². The number of hydrogen-bond acceptors (Lipinski definition) is 6. The Morgan fingerprint density at radius 2 is 1.05 bits per heavy atom. The second kappa shape index (κ2) is 17.2. The predicted molar refractivity (Wildman–Crippen MR) is 181 cm³/mol. The summed E-state index contributed by atoms with van der Waals surface area (Å²) in [5, 5.41) is 2.12. The molecule has 0 aliphatic heterocycles. The molecule has 4 rings (SSSR count). The van der Waals surface area contributed by atoms with Gasteiger partial charge in [-0.05, 0) is 37.1 Å². The number of amides is 2. The molecule has 44 heavy (non-hydrogen) atoms. The molecule has 2 aromatic carbocycles. The van der Waals surface area contributed by atoms with Gasteiger partial charge in [-0.3, -0.25) is 9.59 Å². The quantitative estimate of drug-likeness (QED) is 0.116. The fourth-order valence-corrected chi connectivity index (χ4v) is 8.51. The summed E-state index contributed by atoms with van der Waals surface area (Å²) in [6, 6.07) is 7.04. The maximum atomic E-state index is 12.7. The summed E-state index contributed by atoms with van der Waals surface area (Å²) in [5.74, 6) is -0.325. The van der Waals surface area contributed by atoms with Gasteiger partial charge in [-0.1, -0.05) is 94.8 Å². The number of rotatable bonds is 15. The van der Waals surface area contributed by atoms with Crippen molar-refractivity contribution in [3.05, 3.63) is 54.0 Å². The molecule has 2 heterocycles. The Morgan fingerprint density at radius 1 is 0.659 bits per heavy atom. The summed E-state index contributed by atoms with van der Waals surface area (Å²) < 4.78 is 16.0. The molecule has 0 bridgehead atoms. The molecule has 2 amide bonds. The van der Waals surface area contributed by atoms with Crippen LogP contribution in [0.2, 0.25) is 20.1 Å².